The minimum atomic E-state index is 0. The lowest BCUT2D eigenvalue weighted by molar-refractivity contribution is 0.606. The maximum atomic E-state index is 5.78. The summed E-state index contributed by atoms with van der Waals surface area (Å²) < 4.78 is 5.39. The molecule has 3 nitrogen and oxygen atoms in total. The van der Waals surface area contributed by atoms with E-state index in [0.717, 1.165) is 28.6 Å². The molecule has 1 atom stereocenters. The lowest BCUT2D eigenvalue weighted by atomic mass is 10.0. The van der Waals surface area contributed by atoms with Crippen molar-refractivity contribution in [2.24, 2.45) is 5.73 Å². The molecule has 0 fully saturated rings. The van der Waals surface area contributed by atoms with Crippen molar-refractivity contribution in [2.75, 3.05) is 5.73 Å². The number of halogens is 2. The molecule has 1 aromatic heterocycles. The number of fused-ring (bicyclic) bond motifs is 1. The summed E-state index contributed by atoms with van der Waals surface area (Å²) in [6.45, 7) is 1.97. The summed E-state index contributed by atoms with van der Waals surface area (Å²) >= 11 is 0. The average Bonchev–Trinajstić information content (AvgIpc) is 2.50. The zero-order valence-corrected chi connectivity index (χ0v) is 10.6. The van der Waals surface area contributed by atoms with E-state index < -0.39 is 0 Å². The van der Waals surface area contributed by atoms with Gasteiger partial charge in [-0.1, -0.05) is 0 Å². The van der Waals surface area contributed by atoms with Gasteiger partial charge in [0, 0.05) is 17.1 Å². The molecule has 16 heavy (non-hydrogen) atoms. The highest BCUT2D eigenvalue weighted by atomic mass is 35.5. The van der Waals surface area contributed by atoms with Crippen molar-refractivity contribution in [2.45, 2.75) is 19.4 Å². The third-order valence-corrected chi connectivity index (χ3v) is 2.19. The van der Waals surface area contributed by atoms with Crippen LogP contribution in [0.25, 0.3) is 11.0 Å². The number of rotatable bonds is 2. The van der Waals surface area contributed by atoms with E-state index in [1.807, 2.05) is 25.1 Å². The Hall–Kier alpha value is -0.900. The monoisotopic (exact) mass is 262 g/mol. The van der Waals surface area contributed by atoms with Crippen molar-refractivity contribution >= 4 is 41.5 Å². The highest BCUT2D eigenvalue weighted by Gasteiger charge is 2.07. The molecule has 0 spiro atoms. The van der Waals surface area contributed by atoms with Crippen LogP contribution in [0, 0.1) is 0 Å². The van der Waals surface area contributed by atoms with Gasteiger partial charge in [0.05, 0.1) is 6.26 Å². The number of hydrogen-bond donors (Lipinski definition) is 2. The number of anilines is 1. The Balaban J connectivity index is 0.00000112. The fraction of sp³-hybridized carbons (Fsp3) is 0.273. The molecule has 0 aliphatic rings. The highest BCUT2D eigenvalue weighted by molar-refractivity contribution is 5.85. The van der Waals surface area contributed by atoms with E-state index in [1.54, 1.807) is 6.26 Å². The van der Waals surface area contributed by atoms with Gasteiger partial charge in [0.25, 0.3) is 0 Å². The molecule has 1 unspecified atom stereocenters. The first-order valence-electron chi connectivity index (χ1n) is 4.68. The quantitative estimate of drug-likeness (QED) is 0.819. The van der Waals surface area contributed by atoms with Gasteiger partial charge in [0.1, 0.15) is 5.58 Å². The molecule has 0 aliphatic heterocycles. The number of nitrogen functional groups attached to an aromatic ring is 1. The minimum Gasteiger partial charge on any atom is -0.464 e. The topological polar surface area (TPSA) is 65.2 Å². The maximum absolute atomic E-state index is 5.78. The first-order valence-corrected chi connectivity index (χ1v) is 4.68. The second-order valence-electron chi connectivity index (χ2n) is 3.70. The zero-order valence-electron chi connectivity index (χ0n) is 8.97. The lowest BCUT2D eigenvalue weighted by Crippen LogP contribution is -2.17. The molecule has 0 aliphatic carbocycles. The smallest absolute Gasteiger partial charge is 0.137 e. The molecule has 2 rings (SSSR count). The number of nitrogens with two attached hydrogens (primary N) is 2. The van der Waals surface area contributed by atoms with Gasteiger partial charge >= 0.3 is 0 Å². The van der Waals surface area contributed by atoms with Gasteiger partial charge in [-0.25, -0.2) is 0 Å². The molecule has 90 valence electrons. The van der Waals surface area contributed by atoms with Crippen molar-refractivity contribution in [1.82, 2.24) is 0 Å². The third-order valence-electron chi connectivity index (χ3n) is 2.19. The van der Waals surface area contributed by atoms with Crippen molar-refractivity contribution in [3.05, 3.63) is 30.0 Å². The summed E-state index contributed by atoms with van der Waals surface area (Å²) in [6, 6.07) is 5.86. The SMILES string of the molecule is CC(N)Cc1cc(N)cc2ccoc12.Cl.Cl. The van der Waals surface area contributed by atoms with Crippen LogP contribution in [0.5, 0.6) is 0 Å². The number of benzene rings is 1. The van der Waals surface area contributed by atoms with Crippen LogP contribution in [0.15, 0.2) is 28.9 Å². The highest BCUT2D eigenvalue weighted by Crippen LogP contribution is 2.24. The maximum Gasteiger partial charge on any atom is 0.137 e. The fourth-order valence-electron chi connectivity index (χ4n) is 1.68. The van der Waals surface area contributed by atoms with Crippen LogP contribution in [-0.2, 0) is 6.42 Å². The van der Waals surface area contributed by atoms with Crippen molar-refractivity contribution < 1.29 is 4.42 Å². The summed E-state index contributed by atoms with van der Waals surface area (Å²) in [6.07, 6.45) is 2.46. The van der Waals surface area contributed by atoms with E-state index in [-0.39, 0.29) is 30.9 Å². The van der Waals surface area contributed by atoms with Gasteiger partial charge in [0.15, 0.2) is 0 Å². The van der Waals surface area contributed by atoms with E-state index in [2.05, 4.69) is 0 Å². The van der Waals surface area contributed by atoms with Crippen molar-refractivity contribution in [1.29, 1.82) is 0 Å². The molecular formula is C11H16Cl2N2O. The summed E-state index contributed by atoms with van der Waals surface area (Å²) in [5.74, 6) is 0. The standard InChI is InChI=1S/C11H14N2O.2ClH/c1-7(12)4-9-6-10(13)5-8-2-3-14-11(8)9;;/h2-3,5-7H,4,12-13H2,1H3;2*1H. The van der Waals surface area contributed by atoms with Crippen LogP contribution in [0.3, 0.4) is 0 Å². The van der Waals surface area contributed by atoms with Crippen molar-refractivity contribution in [3.63, 3.8) is 0 Å². The summed E-state index contributed by atoms with van der Waals surface area (Å²) in [5.41, 5.74) is 14.3. The Kier molecular flexibility index (Phi) is 5.65. The van der Waals surface area contributed by atoms with Gasteiger partial charge < -0.3 is 15.9 Å². The predicted octanol–water partition coefficient (Wildman–Crippen LogP) is 2.75. The molecule has 5 heteroatoms. The molecule has 0 saturated heterocycles. The molecule has 0 bridgehead atoms. The van der Waals surface area contributed by atoms with Crippen molar-refractivity contribution in [3.8, 4) is 0 Å². The molecule has 4 N–H and O–H groups in total. The molecule has 1 heterocycles. The molecule has 0 radical (unpaired) electrons. The second-order valence-corrected chi connectivity index (χ2v) is 3.70. The zero-order chi connectivity index (χ0) is 10.1. The van der Waals surface area contributed by atoms with Crippen LogP contribution in [0.4, 0.5) is 5.69 Å². The number of furan rings is 1. The van der Waals surface area contributed by atoms with E-state index in [1.165, 1.54) is 0 Å². The Morgan fingerprint density at radius 1 is 1.31 bits per heavy atom. The van der Waals surface area contributed by atoms with Gasteiger partial charge in [-0.2, -0.15) is 0 Å². The van der Waals surface area contributed by atoms with E-state index in [9.17, 15) is 0 Å². The molecule has 0 saturated carbocycles. The van der Waals surface area contributed by atoms with Crippen LogP contribution in [-0.4, -0.2) is 6.04 Å². The van der Waals surface area contributed by atoms with Crippen LogP contribution in [0.2, 0.25) is 0 Å². The minimum absolute atomic E-state index is 0. The van der Waals surface area contributed by atoms with Gasteiger partial charge in [-0.3, -0.25) is 0 Å². The first-order chi connectivity index (χ1) is 6.66. The fourth-order valence-corrected chi connectivity index (χ4v) is 1.68. The van der Waals surface area contributed by atoms with Gasteiger partial charge in [0.2, 0.25) is 0 Å². The summed E-state index contributed by atoms with van der Waals surface area (Å²) in [5, 5.41) is 1.04. The number of hydrogen-bond acceptors (Lipinski definition) is 3. The summed E-state index contributed by atoms with van der Waals surface area (Å²) in [4.78, 5) is 0. The first kappa shape index (κ1) is 15.1. The Labute approximate surface area is 107 Å². The predicted molar refractivity (Wildman–Crippen MR) is 72.5 cm³/mol. The van der Waals surface area contributed by atoms with Crippen LogP contribution in [0.1, 0.15) is 12.5 Å². The third kappa shape index (κ3) is 3.04. The molecule has 1 aromatic carbocycles. The van der Waals surface area contributed by atoms with E-state index >= 15 is 0 Å². The Morgan fingerprint density at radius 2 is 2.00 bits per heavy atom. The Bertz CT molecular complexity index is 454. The van der Waals surface area contributed by atoms with Crippen LogP contribution < -0.4 is 11.5 Å². The second kappa shape index (κ2) is 5.99. The van der Waals surface area contributed by atoms with Gasteiger partial charge in [-0.05, 0) is 37.1 Å². The average molecular weight is 263 g/mol. The van der Waals surface area contributed by atoms with E-state index in [4.69, 9.17) is 15.9 Å². The molecule has 2 aromatic rings. The lowest BCUT2D eigenvalue weighted by Gasteiger charge is -2.06. The van der Waals surface area contributed by atoms with Crippen LogP contribution >= 0.6 is 24.8 Å². The van der Waals surface area contributed by atoms with E-state index in [0.29, 0.717) is 0 Å². The molecular weight excluding hydrogens is 247 g/mol. The molecule has 0 amide bonds. The normalized spacial score (nSPS) is 11.6. The van der Waals surface area contributed by atoms with Gasteiger partial charge in [-0.15, -0.1) is 24.8 Å². The Morgan fingerprint density at radius 3 is 2.62 bits per heavy atom. The largest absolute Gasteiger partial charge is 0.464 e. The summed E-state index contributed by atoms with van der Waals surface area (Å²) in [7, 11) is 0.